The molecule has 0 heterocycles. The molecule has 0 N–H and O–H groups in total. The van der Waals surface area contributed by atoms with Gasteiger partial charge in [0, 0.05) is 5.02 Å². The summed E-state index contributed by atoms with van der Waals surface area (Å²) in [5, 5.41) is 2.33. The molecule has 0 saturated carbocycles. The molecule has 0 saturated heterocycles. The highest BCUT2D eigenvalue weighted by atomic mass is 35.5. The molecule has 0 aliphatic carbocycles. The Morgan fingerprint density at radius 1 is 1.00 bits per heavy atom. The third kappa shape index (κ3) is 2.36. The van der Waals surface area contributed by atoms with Gasteiger partial charge in [-0.2, -0.15) is 8.78 Å². The number of halogens is 3. The molecule has 0 bridgehead atoms. The van der Waals surface area contributed by atoms with E-state index >= 15 is 0 Å². The van der Waals surface area contributed by atoms with E-state index in [9.17, 15) is 8.78 Å². The quantitative estimate of drug-likeness (QED) is 0.752. The molecule has 0 aromatic heterocycles. The summed E-state index contributed by atoms with van der Waals surface area (Å²) < 4.78 is 28.2. The highest BCUT2D eigenvalue weighted by molar-refractivity contribution is 6.31. The fourth-order valence-corrected chi connectivity index (χ4v) is 1.55. The molecule has 4 heteroatoms. The van der Waals surface area contributed by atoms with E-state index in [0.717, 1.165) is 10.8 Å². The highest BCUT2D eigenvalue weighted by Gasteiger charge is 2.04. The van der Waals surface area contributed by atoms with Gasteiger partial charge in [-0.05, 0) is 35.0 Å². The molecule has 0 aliphatic heterocycles. The maximum Gasteiger partial charge on any atom is 0.387 e. The molecule has 0 unspecified atom stereocenters. The molecule has 1 nitrogen and oxygen atoms in total. The van der Waals surface area contributed by atoms with Gasteiger partial charge in [-0.25, -0.2) is 0 Å². The molecular formula is C11H7ClF2O. The van der Waals surface area contributed by atoms with Gasteiger partial charge in [-0.3, -0.25) is 0 Å². The van der Waals surface area contributed by atoms with E-state index in [1.807, 2.05) is 0 Å². The van der Waals surface area contributed by atoms with E-state index in [1.54, 1.807) is 30.3 Å². The first kappa shape index (κ1) is 10.2. The number of alkyl halides is 2. The Labute approximate surface area is 90.2 Å². The minimum Gasteiger partial charge on any atom is -0.435 e. The lowest BCUT2D eigenvalue weighted by Crippen LogP contribution is -2.01. The summed E-state index contributed by atoms with van der Waals surface area (Å²) in [6, 6.07) is 9.97. The Bertz CT molecular complexity index is 485. The number of ether oxygens (including phenoxy) is 1. The predicted molar refractivity (Wildman–Crippen MR) is 55.6 cm³/mol. The van der Waals surface area contributed by atoms with Crippen LogP contribution in [0.4, 0.5) is 8.78 Å². The minimum atomic E-state index is -2.80. The van der Waals surface area contributed by atoms with E-state index in [-0.39, 0.29) is 5.75 Å². The molecule has 0 fully saturated rings. The third-order valence-electron chi connectivity index (χ3n) is 2.00. The normalized spacial score (nSPS) is 10.9. The van der Waals surface area contributed by atoms with Crippen molar-refractivity contribution in [1.29, 1.82) is 0 Å². The highest BCUT2D eigenvalue weighted by Crippen LogP contribution is 2.24. The second-order valence-electron chi connectivity index (χ2n) is 3.03. The van der Waals surface area contributed by atoms with E-state index in [1.165, 1.54) is 6.07 Å². The lowest BCUT2D eigenvalue weighted by Gasteiger charge is -2.05. The van der Waals surface area contributed by atoms with Gasteiger partial charge in [0.2, 0.25) is 0 Å². The second-order valence-corrected chi connectivity index (χ2v) is 3.47. The summed E-state index contributed by atoms with van der Waals surface area (Å²) in [6.07, 6.45) is 0. The predicted octanol–water partition coefficient (Wildman–Crippen LogP) is 4.09. The summed E-state index contributed by atoms with van der Waals surface area (Å²) in [5.41, 5.74) is 0. The van der Waals surface area contributed by atoms with Crippen LogP contribution < -0.4 is 4.74 Å². The Balaban J connectivity index is 2.43. The molecule has 2 rings (SSSR count). The Hall–Kier alpha value is -1.35. The number of fused-ring (bicyclic) bond motifs is 1. The zero-order valence-electron chi connectivity index (χ0n) is 7.58. The zero-order valence-corrected chi connectivity index (χ0v) is 8.34. The number of hydrogen-bond acceptors (Lipinski definition) is 1. The standard InChI is InChI=1S/C11H7ClF2O/c12-9-3-1-8-6-10(15-11(13)14)4-2-7(8)5-9/h1-6,11H. The van der Waals surface area contributed by atoms with Crippen molar-refractivity contribution in [3.05, 3.63) is 41.4 Å². The van der Waals surface area contributed by atoms with Crippen LogP contribution >= 0.6 is 11.6 Å². The first-order valence-corrected chi connectivity index (χ1v) is 4.67. The first-order valence-electron chi connectivity index (χ1n) is 4.29. The maximum absolute atomic E-state index is 11.9. The van der Waals surface area contributed by atoms with E-state index < -0.39 is 6.61 Å². The van der Waals surface area contributed by atoms with Crippen LogP contribution in [0.15, 0.2) is 36.4 Å². The SMILES string of the molecule is FC(F)Oc1ccc2cc(Cl)ccc2c1. The van der Waals surface area contributed by atoms with Crippen molar-refractivity contribution >= 4 is 22.4 Å². The van der Waals surface area contributed by atoms with Crippen molar-refractivity contribution in [2.24, 2.45) is 0 Å². The number of benzene rings is 2. The van der Waals surface area contributed by atoms with E-state index in [2.05, 4.69) is 4.74 Å². The van der Waals surface area contributed by atoms with Crippen molar-refractivity contribution in [2.45, 2.75) is 6.61 Å². The van der Waals surface area contributed by atoms with Crippen LogP contribution in [0.3, 0.4) is 0 Å². The lowest BCUT2D eigenvalue weighted by atomic mass is 10.1. The van der Waals surface area contributed by atoms with Crippen LogP contribution in [0.25, 0.3) is 10.8 Å². The van der Waals surface area contributed by atoms with Gasteiger partial charge < -0.3 is 4.74 Å². The molecule has 0 aliphatic rings. The van der Waals surface area contributed by atoms with Gasteiger partial charge in [0.1, 0.15) is 5.75 Å². The van der Waals surface area contributed by atoms with E-state index in [4.69, 9.17) is 11.6 Å². The van der Waals surface area contributed by atoms with Crippen LogP contribution in [0.1, 0.15) is 0 Å². The molecule has 0 atom stereocenters. The summed E-state index contributed by atoms with van der Waals surface area (Å²) in [4.78, 5) is 0. The van der Waals surface area contributed by atoms with Gasteiger partial charge in [0.05, 0.1) is 0 Å². The summed E-state index contributed by atoms with van der Waals surface area (Å²) in [7, 11) is 0. The fourth-order valence-electron chi connectivity index (χ4n) is 1.37. The fraction of sp³-hybridized carbons (Fsp3) is 0.0909. The van der Waals surface area contributed by atoms with Gasteiger partial charge in [0.15, 0.2) is 0 Å². The van der Waals surface area contributed by atoms with Gasteiger partial charge in [-0.1, -0.05) is 23.7 Å². The number of hydrogen-bond donors (Lipinski definition) is 0. The molecule has 15 heavy (non-hydrogen) atoms. The smallest absolute Gasteiger partial charge is 0.387 e. The van der Waals surface area contributed by atoms with Crippen molar-refractivity contribution in [3.8, 4) is 5.75 Å². The van der Waals surface area contributed by atoms with Gasteiger partial charge >= 0.3 is 6.61 Å². The van der Waals surface area contributed by atoms with Crippen LogP contribution in [0.5, 0.6) is 5.75 Å². The topological polar surface area (TPSA) is 9.23 Å². The van der Waals surface area contributed by atoms with Crippen LogP contribution in [-0.4, -0.2) is 6.61 Å². The number of rotatable bonds is 2. The summed E-state index contributed by atoms with van der Waals surface area (Å²) in [6.45, 7) is -2.80. The summed E-state index contributed by atoms with van der Waals surface area (Å²) in [5.74, 6) is 0.153. The van der Waals surface area contributed by atoms with Crippen LogP contribution in [-0.2, 0) is 0 Å². The van der Waals surface area contributed by atoms with Crippen molar-refractivity contribution < 1.29 is 13.5 Å². The summed E-state index contributed by atoms with van der Waals surface area (Å²) >= 11 is 5.79. The third-order valence-corrected chi connectivity index (χ3v) is 2.23. The van der Waals surface area contributed by atoms with Crippen molar-refractivity contribution in [3.63, 3.8) is 0 Å². The Morgan fingerprint density at radius 2 is 1.67 bits per heavy atom. The van der Waals surface area contributed by atoms with E-state index in [0.29, 0.717) is 5.02 Å². The van der Waals surface area contributed by atoms with Crippen molar-refractivity contribution in [1.82, 2.24) is 0 Å². The second kappa shape index (κ2) is 4.03. The Morgan fingerprint density at radius 3 is 2.40 bits per heavy atom. The Kier molecular flexibility index (Phi) is 2.73. The van der Waals surface area contributed by atoms with Crippen molar-refractivity contribution in [2.75, 3.05) is 0 Å². The average molecular weight is 229 g/mol. The zero-order chi connectivity index (χ0) is 10.8. The lowest BCUT2D eigenvalue weighted by molar-refractivity contribution is -0.0497. The monoisotopic (exact) mass is 228 g/mol. The van der Waals surface area contributed by atoms with Gasteiger partial charge in [0.25, 0.3) is 0 Å². The maximum atomic E-state index is 11.9. The molecule has 0 amide bonds. The molecule has 0 radical (unpaired) electrons. The van der Waals surface area contributed by atoms with Crippen LogP contribution in [0.2, 0.25) is 5.02 Å². The molecular weight excluding hydrogens is 222 g/mol. The molecule has 78 valence electrons. The molecule has 2 aromatic rings. The first-order chi connectivity index (χ1) is 7.15. The average Bonchev–Trinajstić information content (AvgIpc) is 2.17. The van der Waals surface area contributed by atoms with Gasteiger partial charge in [-0.15, -0.1) is 0 Å². The minimum absolute atomic E-state index is 0.153. The molecule has 0 spiro atoms. The molecule has 2 aromatic carbocycles. The van der Waals surface area contributed by atoms with Crippen LogP contribution in [0, 0.1) is 0 Å². The largest absolute Gasteiger partial charge is 0.435 e.